The molecule has 2 nitrogen and oxygen atoms in total. The first-order chi connectivity index (χ1) is 8.06. The van der Waals surface area contributed by atoms with Crippen molar-refractivity contribution in [2.24, 2.45) is 5.41 Å². The molecule has 2 N–H and O–H groups in total. The lowest BCUT2D eigenvalue weighted by Crippen LogP contribution is -2.32. The van der Waals surface area contributed by atoms with Gasteiger partial charge in [-0.2, -0.15) is 0 Å². The minimum atomic E-state index is -0.774. The molecule has 0 bridgehead atoms. The van der Waals surface area contributed by atoms with Gasteiger partial charge in [-0.3, -0.25) is 0 Å². The first-order valence-electron chi connectivity index (χ1n) is 5.72. The Hall–Kier alpha value is -1.00. The Morgan fingerprint density at radius 1 is 1.18 bits per heavy atom. The Kier molecular flexibility index (Phi) is 5.02. The number of benzene rings is 1. The lowest BCUT2D eigenvalue weighted by Gasteiger charge is -2.29. The van der Waals surface area contributed by atoms with Gasteiger partial charge in [0.05, 0.1) is 13.2 Å². The van der Waals surface area contributed by atoms with E-state index in [4.69, 9.17) is 0 Å². The van der Waals surface area contributed by atoms with Crippen molar-refractivity contribution in [1.29, 1.82) is 0 Å². The molecular formula is C13H18F2O2. The molecule has 1 aromatic carbocycles. The second-order valence-electron chi connectivity index (χ2n) is 4.48. The van der Waals surface area contributed by atoms with E-state index in [1.54, 1.807) is 0 Å². The van der Waals surface area contributed by atoms with Crippen LogP contribution in [-0.4, -0.2) is 23.4 Å². The van der Waals surface area contributed by atoms with Crippen LogP contribution >= 0.6 is 0 Å². The Morgan fingerprint density at radius 3 is 2.35 bits per heavy atom. The van der Waals surface area contributed by atoms with E-state index in [1.807, 2.05) is 6.92 Å². The van der Waals surface area contributed by atoms with Crippen LogP contribution in [0.1, 0.15) is 25.3 Å². The lowest BCUT2D eigenvalue weighted by molar-refractivity contribution is 0.0459. The third-order valence-corrected chi connectivity index (χ3v) is 3.02. The van der Waals surface area contributed by atoms with Crippen molar-refractivity contribution >= 4 is 0 Å². The highest BCUT2D eigenvalue weighted by molar-refractivity contribution is 5.20. The molecule has 0 saturated carbocycles. The van der Waals surface area contributed by atoms with Gasteiger partial charge in [-0.25, -0.2) is 8.78 Å². The molecule has 0 aliphatic carbocycles. The summed E-state index contributed by atoms with van der Waals surface area (Å²) >= 11 is 0. The predicted octanol–water partition coefficient (Wildman–Crippen LogP) is 2.28. The van der Waals surface area contributed by atoms with Gasteiger partial charge in [0.1, 0.15) is 11.6 Å². The number of halogens is 2. The van der Waals surface area contributed by atoms with Crippen LogP contribution in [0.15, 0.2) is 18.2 Å². The third kappa shape index (κ3) is 3.48. The Labute approximate surface area is 99.9 Å². The maximum atomic E-state index is 13.5. The van der Waals surface area contributed by atoms with Gasteiger partial charge in [0, 0.05) is 5.41 Å². The van der Waals surface area contributed by atoms with Crippen LogP contribution in [0.25, 0.3) is 0 Å². The zero-order valence-corrected chi connectivity index (χ0v) is 9.92. The van der Waals surface area contributed by atoms with Crippen LogP contribution in [0.4, 0.5) is 8.78 Å². The fraction of sp³-hybridized carbons (Fsp3) is 0.538. The quantitative estimate of drug-likeness (QED) is 0.806. The van der Waals surface area contributed by atoms with Crippen molar-refractivity contribution in [3.63, 3.8) is 0 Å². The highest BCUT2D eigenvalue weighted by Crippen LogP contribution is 2.29. The molecule has 0 radical (unpaired) electrons. The average Bonchev–Trinajstić information content (AvgIpc) is 2.33. The van der Waals surface area contributed by atoms with Crippen molar-refractivity contribution in [3.8, 4) is 0 Å². The van der Waals surface area contributed by atoms with Crippen molar-refractivity contribution < 1.29 is 19.0 Å². The molecule has 96 valence electrons. The molecule has 1 aromatic rings. The van der Waals surface area contributed by atoms with E-state index in [0.717, 1.165) is 24.6 Å². The average molecular weight is 244 g/mol. The molecule has 0 heterocycles. The molecule has 0 aliphatic heterocycles. The highest BCUT2D eigenvalue weighted by atomic mass is 19.1. The molecule has 0 unspecified atom stereocenters. The molecular weight excluding hydrogens is 226 g/mol. The summed E-state index contributed by atoms with van der Waals surface area (Å²) in [6.07, 6.45) is 1.46. The van der Waals surface area contributed by atoms with E-state index in [1.165, 1.54) is 0 Å². The van der Waals surface area contributed by atoms with Gasteiger partial charge < -0.3 is 10.2 Å². The summed E-state index contributed by atoms with van der Waals surface area (Å²) in [5.74, 6) is -1.02. The van der Waals surface area contributed by atoms with Gasteiger partial charge in [0.15, 0.2) is 0 Å². The zero-order valence-electron chi connectivity index (χ0n) is 9.92. The summed E-state index contributed by atoms with van der Waals surface area (Å²) in [7, 11) is 0. The van der Waals surface area contributed by atoms with Crippen LogP contribution in [0.2, 0.25) is 0 Å². The summed E-state index contributed by atoms with van der Waals surface area (Å²) in [5, 5.41) is 18.7. The molecule has 0 fully saturated rings. The molecule has 17 heavy (non-hydrogen) atoms. The topological polar surface area (TPSA) is 40.5 Å². The molecule has 0 spiro atoms. The summed E-state index contributed by atoms with van der Waals surface area (Å²) in [5.41, 5.74) is -0.579. The minimum absolute atomic E-state index is 0.136. The predicted molar refractivity (Wildman–Crippen MR) is 61.6 cm³/mol. The third-order valence-electron chi connectivity index (χ3n) is 3.02. The largest absolute Gasteiger partial charge is 0.396 e. The van der Waals surface area contributed by atoms with Crippen molar-refractivity contribution in [3.05, 3.63) is 35.4 Å². The highest BCUT2D eigenvalue weighted by Gasteiger charge is 2.29. The molecule has 0 aliphatic rings. The second-order valence-corrected chi connectivity index (χ2v) is 4.48. The van der Waals surface area contributed by atoms with E-state index >= 15 is 0 Å². The van der Waals surface area contributed by atoms with Crippen molar-refractivity contribution in [2.75, 3.05) is 13.2 Å². The maximum Gasteiger partial charge on any atom is 0.126 e. The SMILES string of the molecule is CCCC(CO)(CO)Cc1cc(F)ccc1F. The van der Waals surface area contributed by atoms with Crippen molar-refractivity contribution in [1.82, 2.24) is 0 Å². The number of aliphatic hydroxyl groups is 2. The van der Waals surface area contributed by atoms with Crippen LogP contribution in [0, 0.1) is 17.0 Å². The Morgan fingerprint density at radius 2 is 1.82 bits per heavy atom. The van der Waals surface area contributed by atoms with Crippen LogP contribution in [0.3, 0.4) is 0 Å². The van der Waals surface area contributed by atoms with E-state index in [0.29, 0.717) is 6.42 Å². The fourth-order valence-electron chi connectivity index (χ4n) is 2.02. The number of rotatable bonds is 6. The minimum Gasteiger partial charge on any atom is -0.396 e. The first-order valence-corrected chi connectivity index (χ1v) is 5.72. The standard InChI is InChI=1S/C13H18F2O2/c1-2-5-13(8-16,9-17)7-10-6-11(14)3-4-12(10)15/h3-4,6,16-17H,2,5,7-9H2,1H3. The second kappa shape index (κ2) is 6.07. The molecule has 0 amide bonds. The van der Waals surface area contributed by atoms with Gasteiger partial charge >= 0.3 is 0 Å². The van der Waals surface area contributed by atoms with E-state index in [9.17, 15) is 19.0 Å². The van der Waals surface area contributed by atoms with Crippen LogP contribution in [-0.2, 0) is 6.42 Å². The first kappa shape index (κ1) is 14.1. The van der Waals surface area contributed by atoms with Gasteiger partial charge in [-0.05, 0) is 36.6 Å². The summed E-state index contributed by atoms with van der Waals surface area (Å²) in [6, 6.07) is 3.24. The van der Waals surface area contributed by atoms with Gasteiger partial charge in [-0.15, -0.1) is 0 Å². The fourth-order valence-corrected chi connectivity index (χ4v) is 2.02. The molecule has 1 rings (SSSR count). The lowest BCUT2D eigenvalue weighted by atomic mass is 9.79. The smallest absolute Gasteiger partial charge is 0.126 e. The van der Waals surface area contributed by atoms with E-state index in [-0.39, 0.29) is 25.2 Å². The van der Waals surface area contributed by atoms with Gasteiger partial charge in [0.2, 0.25) is 0 Å². The Balaban J connectivity index is 2.96. The summed E-state index contributed by atoms with van der Waals surface area (Å²) in [4.78, 5) is 0. The number of hydrogen-bond acceptors (Lipinski definition) is 2. The normalized spacial score (nSPS) is 11.8. The summed E-state index contributed by atoms with van der Waals surface area (Å²) in [6.45, 7) is 1.43. The van der Waals surface area contributed by atoms with Crippen LogP contribution < -0.4 is 0 Å². The van der Waals surface area contributed by atoms with Crippen LogP contribution in [0.5, 0.6) is 0 Å². The molecule has 4 heteroatoms. The summed E-state index contributed by atoms with van der Waals surface area (Å²) < 4.78 is 26.5. The monoisotopic (exact) mass is 244 g/mol. The van der Waals surface area contributed by atoms with E-state index in [2.05, 4.69) is 0 Å². The van der Waals surface area contributed by atoms with Gasteiger partial charge in [0.25, 0.3) is 0 Å². The van der Waals surface area contributed by atoms with Crippen molar-refractivity contribution in [2.45, 2.75) is 26.2 Å². The maximum absolute atomic E-state index is 13.5. The number of hydrogen-bond donors (Lipinski definition) is 2. The molecule has 0 atom stereocenters. The van der Waals surface area contributed by atoms with Gasteiger partial charge in [-0.1, -0.05) is 13.3 Å². The number of aliphatic hydroxyl groups excluding tert-OH is 2. The zero-order chi connectivity index (χ0) is 12.9. The van der Waals surface area contributed by atoms with E-state index < -0.39 is 17.0 Å². The molecule has 0 saturated heterocycles. The Bertz CT molecular complexity index is 362. The molecule has 0 aromatic heterocycles.